The molecular formula is C14H15ClN4O3. The minimum atomic E-state index is -0.522. The van der Waals surface area contributed by atoms with Gasteiger partial charge in [-0.3, -0.25) is 4.79 Å². The van der Waals surface area contributed by atoms with Crippen LogP contribution in [0.5, 0.6) is 0 Å². The van der Waals surface area contributed by atoms with Crippen LogP contribution >= 0.6 is 11.6 Å². The Morgan fingerprint density at radius 1 is 1.59 bits per heavy atom. The minimum absolute atomic E-state index is 0.0230. The van der Waals surface area contributed by atoms with Gasteiger partial charge in [0.2, 0.25) is 5.91 Å². The standard InChI is InChI=1S/C14H15ClN4O3/c1-2-22-14(21)11-6-10(3-4-12(11)15)19-8-9(5-13(19)20)7-17-18-16/h3-4,6,9H,2,5,7-8H2,1H3. The molecule has 0 aromatic heterocycles. The number of halogens is 1. The van der Waals surface area contributed by atoms with Gasteiger partial charge < -0.3 is 9.64 Å². The first-order valence-electron chi connectivity index (χ1n) is 6.84. The number of hydrogen-bond acceptors (Lipinski definition) is 4. The van der Waals surface area contributed by atoms with Crippen molar-refractivity contribution in [2.45, 2.75) is 13.3 Å². The first-order valence-corrected chi connectivity index (χ1v) is 7.22. The Morgan fingerprint density at radius 2 is 2.36 bits per heavy atom. The van der Waals surface area contributed by atoms with E-state index in [9.17, 15) is 9.59 Å². The van der Waals surface area contributed by atoms with E-state index in [1.807, 2.05) is 0 Å². The van der Waals surface area contributed by atoms with Crippen LogP contribution < -0.4 is 4.90 Å². The molecule has 1 aliphatic heterocycles. The van der Waals surface area contributed by atoms with Crippen LogP contribution in [0.3, 0.4) is 0 Å². The van der Waals surface area contributed by atoms with Crippen molar-refractivity contribution >= 4 is 29.2 Å². The Balaban J connectivity index is 2.22. The largest absolute Gasteiger partial charge is 0.462 e. The summed E-state index contributed by atoms with van der Waals surface area (Å²) in [5.41, 5.74) is 9.16. The number of carbonyl (C=O) groups is 2. The summed E-state index contributed by atoms with van der Waals surface area (Å²) in [7, 11) is 0. The molecule has 7 nitrogen and oxygen atoms in total. The van der Waals surface area contributed by atoms with E-state index in [-0.39, 0.29) is 35.6 Å². The van der Waals surface area contributed by atoms with Crippen molar-refractivity contribution in [3.63, 3.8) is 0 Å². The number of carbonyl (C=O) groups excluding carboxylic acids is 2. The molecular weight excluding hydrogens is 308 g/mol. The van der Waals surface area contributed by atoms with Crippen molar-refractivity contribution in [2.75, 3.05) is 24.6 Å². The molecule has 116 valence electrons. The van der Waals surface area contributed by atoms with Crippen LogP contribution in [-0.4, -0.2) is 31.6 Å². The van der Waals surface area contributed by atoms with Gasteiger partial charge in [-0.25, -0.2) is 4.79 Å². The maximum Gasteiger partial charge on any atom is 0.339 e. The lowest BCUT2D eigenvalue weighted by Gasteiger charge is -2.17. The van der Waals surface area contributed by atoms with E-state index in [0.717, 1.165) is 0 Å². The molecule has 0 bridgehead atoms. The third-order valence-corrected chi connectivity index (χ3v) is 3.69. The number of anilines is 1. The summed E-state index contributed by atoms with van der Waals surface area (Å²) in [6, 6.07) is 4.80. The molecule has 1 aromatic carbocycles. The second-order valence-electron chi connectivity index (χ2n) is 4.87. The third kappa shape index (κ3) is 3.50. The number of esters is 1. The van der Waals surface area contributed by atoms with Crippen LogP contribution in [0, 0.1) is 5.92 Å². The van der Waals surface area contributed by atoms with Crippen molar-refractivity contribution in [1.29, 1.82) is 0 Å². The SMILES string of the molecule is CCOC(=O)c1cc(N2CC(CN=[N+]=[N-])CC2=O)ccc1Cl. The summed E-state index contributed by atoms with van der Waals surface area (Å²) in [6.07, 6.45) is 0.316. The maximum absolute atomic E-state index is 12.1. The minimum Gasteiger partial charge on any atom is -0.462 e. The number of hydrogen-bond donors (Lipinski definition) is 0. The van der Waals surface area contributed by atoms with Gasteiger partial charge in [0.1, 0.15) is 0 Å². The van der Waals surface area contributed by atoms with Crippen molar-refractivity contribution in [3.05, 3.63) is 39.2 Å². The first kappa shape index (κ1) is 16.1. The monoisotopic (exact) mass is 322 g/mol. The second-order valence-corrected chi connectivity index (χ2v) is 5.28. The second kappa shape index (κ2) is 7.15. The van der Waals surface area contributed by atoms with Gasteiger partial charge in [-0.05, 0) is 36.6 Å². The summed E-state index contributed by atoms with van der Waals surface area (Å²) in [5, 5.41) is 3.78. The fraction of sp³-hybridized carbons (Fsp3) is 0.429. The molecule has 0 N–H and O–H groups in total. The highest BCUT2D eigenvalue weighted by atomic mass is 35.5. The van der Waals surface area contributed by atoms with E-state index in [1.54, 1.807) is 30.0 Å². The lowest BCUT2D eigenvalue weighted by Crippen LogP contribution is -2.25. The number of benzene rings is 1. The normalized spacial score (nSPS) is 17.3. The van der Waals surface area contributed by atoms with E-state index < -0.39 is 5.97 Å². The average molecular weight is 323 g/mol. The van der Waals surface area contributed by atoms with Gasteiger partial charge in [0, 0.05) is 30.1 Å². The highest BCUT2D eigenvalue weighted by molar-refractivity contribution is 6.33. The van der Waals surface area contributed by atoms with E-state index in [1.165, 1.54) is 0 Å². The van der Waals surface area contributed by atoms with Gasteiger partial charge in [-0.1, -0.05) is 16.7 Å². The van der Waals surface area contributed by atoms with Gasteiger partial charge in [0.15, 0.2) is 0 Å². The molecule has 0 aliphatic carbocycles. The fourth-order valence-corrected chi connectivity index (χ4v) is 2.55. The Hall–Kier alpha value is -2.24. The first-order chi connectivity index (χ1) is 10.6. The maximum atomic E-state index is 12.1. The predicted octanol–water partition coefficient (Wildman–Crippen LogP) is 3.18. The van der Waals surface area contributed by atoms with Crippen molar-refractivity contribution < 1.29 is 14.3 Å². The zero-order valence-electron chi connectivity index (χ0n) is 12.0. The van der Waals surface area contributed by atoms with Crippen molar-refractivity contribution in [3.8, 4) is 0 Å². The Kier molecular flexibility index (Phi) is 5.25. The summed E-state index contributed by atoms with van der Waals surface area (Å²) in [6.45, 7) is 2.68. The molecule has 1 aromatic rings. The van der Waals surface area contributed by atoms with Gasteiger partial charge in [-0.2, -0.15) is 0 Å². The molecule has 1 atom stereocenters. The highest BCUT2D eigenvalue weighted by Crippen LogP contribution is 2.29. The number of azide groups is 1. The molecule has 22 heavy (non-hydrogen) atoms. The van der Waals surface area contributed by atoms with E-state index >= 15 is 0 Å². The van der Waals surface area contributed by atoms with Crippen LogP contribution in [0.4, 0.5) is 5.69 Å². The molecule has 1 aliphatic rings. The van der Waals surface area contributed by atoms with Crippen LogP contribution in [0.15, 0.2) is 23.3 Å². The van der Waals surface area contributed by atoms with Gasteiger partial charge >= 0.3 is 5.97 Å². The number of ether oxygens (including phenoxy) is 1. The van der Waals surface area contributed by atoms with Crippen LogP contribution in [0.25, 0.3) is 10.4 Å². The molecule has 0 saturated carbocycles. The Bertz CT molecular complexity index is 643. The van der Waals surface area contributed by atoms with Gasteiger partial charge in [0.25, 0.3) is 0 Å². The molecule has 2 rings (SSSR count). The summed E-state index contributed by atoms with van der Waals surface area (Å²) in [4.78, 5) is 28.2. The van der Waals surface area contributed by atoms with Crippen LogP contribution in [0.2, 0.25) is 5.02 Å². The average Bonchev–Trinajstić information content (AvgIpc) is 2.87. The Morgan fingerprint density at radius 3 is 3.05 bits per heavy atom. The topological polar surface area (TPSA) is 95.4 Å². The zero-order chi connectivity index (χ0) is 16.1. The number of rotatable bonds is 5. The molecule has 1 saturated heterocycles. The number of amides is 1. The molecule has 0 radical (unpaired) electrons. The molecule has 0 spiro atoms. The fourth-order valence-electron chi connectivity index (χ4n) is 2.35. The van der Waals surface area contributed by atoms with Crippen LogP contribution in [-0.2, 0) is 9.53 Å². The zero-order valence-corrected chi connectivity index (χ0v) is 12.8. The van der Waals surface area contributed by atoms with E-state index in [4.69, 9.17) is 21.9 Å². The van der Waals surface area contributed by atoms with E-state index in [2.05, 4.69) is 10.0 Å². The molecule has 1 fully saturated rings. The smallest absolute Gasteiger partial charge is 0.339 e. The lowest BCUT2D eigenvalue weighted by atomic mass is 10.1. The van der Waals surface area contributed by atoms with Crippen molar-refractivity contribution in [2.24, 2.45) is 11.0 Å². The number of nitrogens with zero attached hydrogens (tertiary/aromatic N) is 4. The summed E-state index contributed by atoms with van der Waals surface area (Å²) >= 11 is 6.01. The van der Waals surface area contributed by atoms with Crippen LogP contribution in [0.1, 0.15) is 23.7 Å². The quantitative estimate of drug-likeness (QED) is 0.360. The predicted molar refractivity (Wildman–Crippen MR) is 81.9 cm³/mol. The van der Waals surface area contributed by atoms with E-state index in [0.29, 0.717) is 18.7 Å². The summed E-state index contributed by atoms with van der Waals surface area (Å²) < 4.78 is 4.95. The molecule has 8 heteroatoms. The Labute approximate surface area is 132 Å². The lowest BCUT2D eigenvalue weighted by molar-refractivity contribution is -0.117. The van der Waals surface area contributed by atoms with Gasteiger partial charge in [0.05, 0.1) is 17.2 Å². The van der Waals surface area contributed by atoms with Gasteiger partial charge in [-0.15, -0.1) is 0 Å². The molecule has 1 heterocycles. The van der Waals surface area contributed by atoms with Crippen molar-refractivity contribution in [1.82, 2.24) is 0 Å². The highest BCUT2D eigenvalue weighted by Gasteiger charge is 2.30. The molecule has 1 unspecified atom stereocenters. The third-order valence-electron chi connectivity index (χ3n) is 3.37. The molecule has 1 amide bonds. The summed E-state index contributed by atoms with van der Waals surface area (Å²) in [5.74, 6) is -0.619.